The molecule has 1 N–H and O–H groups in total. The minimum Gasteiger partial charge on any atom is -0.390 e. The molecule has 0 fully saturated rings. The van der Waals surface area contributed by atoms with Crippen LogP contribution in [0.25, 0.3) is 0 Å². The minimum atomic E-state index is -0.516. The molecule has 0 saturated carbocycles. The van der Waals surface area contributed by atoms with Crippen molar-refractivity contribution in [3.63, 3.8) is 0 Å². The lowest BCUT2D eigenvalue weighted by Crippen LogP contribution is -2.25. The smallest absolute Gasteiger partial charge is 0.0596 e. The maximum atomic E-state index is 9.35. The Hall–Kier alpha value is -0.0400. The topological polar surface area (TPSA) is 20.2 Å². The summed E-state index contributed by atoms with van der Waals surface area (Å²) in [5, 5.41) is 9.35. The predicted molar refractivity (Wildman–Crippen MR) is 169 cm³/mol. The van der Waals surface area contributed by atoms with Crippen molar-refractivity contribution in [1.82, 2.24) is 0 Å². The van der Waals surface area contributed by atoms with Gasteiger partial charge in [-0.2, -0.15) is 0 Å². The van der Waals surface area contributed by atoms with Crippen LogP contribution >= 0.6 is 0 Å². The zero-order chi connectivity index (χ0) is 29.0. The fourth-order valence-electron chi connectivity index (χ4n) is 5.23. The van der Waals surface area contributed by atoms with Crippen LogP contribution in [0.15, 0.2) is 0 Å². The zero-order valence-corrected chi connectivity index (χ0v) is 28.5. The molecule has 35 heavy (non-hydrogen) atoms. The highest BCUT2D eigenvalue weighted by Gasteiger charge is 2.22. The summed E-state index contributed by atoms with van der Waals surface area (Å²) in [7, 11) is 0. The Labute approximate surface area is 228 Å². The van der Waals surface area contributed by atoms with Gasteiger partial charge in [0.05, 0.1) is 5.60 Å². The molecule has 0 radical (unpaired) electrons. The lowest BCUT2D eigenvalue weighted by molar-refractivity contribution is 0.0371. The van der Waals surface area contributed by atoms with E-state index in [9.17, 15) is 5.11 Å². The van der Waals surface area contributed by atoms with Crippen LogP contribution in [0.1, 0.15) is 185 Å². The van der Waals surface area contributed by atoms with E-state index < -0.39 is 5.60 Å². The second-order valence-corrected chi connectivity index (χ2v) is 18.5. The maximum absolute atomic E-state index is 9.35. The Balaban J connectivity index is -0.000000114. The van der Waals surface area contributed by atoms with E-state index in [2.05, 4.69) is 132 Å². The molecule has 0 atom stereocenters. The SMILES string of the molecule is C.CC(C)(C)CC(C)(C)C.CC(C)(C)CC(C)(C)C.CC(C)(C)CC(C)(C)O.CCCC(C)(C)C. The van der Waals surface area contributed by atoms with Crippen LogP contribution in [0.5, 0.6) is 0 Å². The van der Waals surface area contributed by atoms with Gasteiger partial charge < -0.3 is 5.11 Å². The molecule has 0 heterocycles. The summed E-state index contributed by atoms with van der Waals surface area (Å²) >= 11 is 0. The van der Waals surface area contributed by atoms with Gasteiger partial charge in [0.25, 0.3) is 0 Å². The molecule has 0 aromatic carbocycles. The highest BCUT2D eigenvalue weighted by molar-refractivity contribution is 4.74. The van der Waals surface area contributed by atoms with Gasteiger partial charge in [0.15, 0.2) is 0 Å². The molecule has 0 amide bonds. The average molecular weight is 503 g/mol. The van der Waals surface area contributed by atoms with Gasteiger partial charge in [-0.25, -0.2) is 0 Å². The van der Waals surface area contributed by atoms with Crippen molar-refractivity contribution in [2.75, 3.05) is 0 Å². The third-order valence-corrected chi connectivity index (χ3v) is 4.08. The Morgan fingerprint density at radius 1 is 0.371 bits per heavy atom. The van der Waals surface area contributed by atoms with Crippen molar-refractivity contribution in [2.45, 2.75) is 191 Å². The Morgan fingerprint density at radius 3 is 0.571 bits per heavy atom. The van der Waals surface area contributed by atoms with Crippen LogP contribution < -0.4 is 0 Å². The molecule has 1 heteroatoms. The fraction of sp³-hybridized carbons (Fsp3) is 1.00. The Morgan fingerprint density at radius 2 is 0.571 bits per heavy atom. The first-order valence-electron chi connectivity index (χ1n) is 13.9. The van der Waals surface area contributed by atoms with Gasteiger partial charge in [0.1, 0.15) is 0 Å². The van der Waals surface area contributed by atoms with E-state index in [0.717, 1.165) is 6.42 Å². The molecule has 0 bridgehead atoms. The van der Waals surface area contributed by atoms with E-state index in [1.54, 1.807) is 0 Å². The van der Waals surface area contributed by atoms with Gasteiger partial charge >= 0.3 is 0 Å². The standard InChI is InChI=1S/2C9H20.C8H18O.C7H16.CH4/c2*1-8(2,3)7-9(4,5)6;1-7(2,3)6-8(4,5)9;1-5-6-7(2,3)4;/h2*7H2,1-6H3;9H,6H2,1-5H3;5-6H2,1-4H3;1H4. The molecule has 0 aliphatic rings. The summed E-state index contributed by atoms with van der Waals surface area (Å²) in [4.78, 5) is 0. The van der Waals surface area contributed by atoms with Crippen LogP contribution in [-0.2, 0) is 0 Å². The van der Waals surface area contributed by atoms with Gasteiger partial charge in [-0.3, -0.25) is 0 Å². The molecular weight excluding hydrogens is 424 g/mol. The van der Waals surface area contributed by atoms with Gasteiger partial charge in [0, 0.05) is 0 Å². The predicted octanol–water partition coefficient (Wildman–Crippen LogP) is 12.6. The van der Waals surface area contributed by atoms with Crippen molar-refractivity contribution in [2.24, 2.45) is 32.5 Å². The van der Waals surface area contributed by atoms with Crippen LogP contribution in [-0.4, -0.2) is 10.7 Å². The monoisotopic (exact) mass is 503 g/mol. The van der Waals surface area contributed by atoms with Crippen molar-refractivity contribution >= 4 is 0 Å². The summed E-state index contributed by atoms with van der Waals surface area (Å²) in [6.07, 6.45) is 6.08. The van der Waals surface area contributed by atoms with Crippen LogP contribution in [0.4, 0.5) is 0 Å². The molecule has 0 aliphatic carbocycles. The molecule has 0 saturated heterocycles. The van der Waals surface area contributed by atoms with Crippen molar-refractivity contribution < 1.29 is 5.11 Å². The maximum Gasteiger partial charge on any atom is 0.0596 e. The highest BCUT2D eigenvalue weighted by Crippen LogP contribution is 2.32. The van der Waals surface area contributed by atoms with Crippen molar-refractivity contribution in [3.05, 3.63) is 0 Å². The molecule has 0 aliphatic heterocycles. The molecule has 0 unspecified atom stereocenters. The largest absolute Gasteiger partial charge is 0.390 e. The number of rotatable bonds is 2. The number of hydrogen-bond donors (Lipinski definition) is 1. The second kappa shape index (κ2) is 16.7. The quantitative estimate of drug-likeness (QED) is 0.398. The fourth-order valence-corrected chi connectivity index (χ4v) is 5.23. The first-order chi connectivity index (χ1) is 14.2. The lowest BCUT2D eigenvalue weighted by atomic mass is 9.78. The number of aliphatic hydroxyl groups is 1. The summed E-state index contributed by atoms with van der Waals surface area (Å²) < 4.78 is 0. The van der Waals surface area contributed by atoms with Gasteiger partial charge in [0.2, 0.25) is 0 Å². The normalized spacial score (nSPS) is 13.2. The van der Waals surface area contributed by atoms with Crippen molar-refractivity contribution in [1.29, 1.82) is 0 Å². The zero-order valence-electron chi connectivity index (χ0n) is 28.5. The third kappa shape index (κ3) is 71.9. The summed E-state index contributed by atoms with van der Waals surface area (Å²) in [5.74, 6) is 0. The van der Waals surface area contributed by atoms with E-state index in [0.29, 0.717) is 27.1 Å². The molecule has 220 valence electrons. The molecule has 0 aromatic heterocycles. The van der Waals surface area contributed by atoms with Crippen molar-refractivity contribution in [3.8, 4) is 0 Å². The molecular formula is C34H78O. The van der Waals surface area contributed by atoms with Gasteiger partial charge in [-0.15, -0.1) is 0 Å². The molecule has 0 spiro atoms. The minimum absolute atomic E-state index is 0. The van der Waals surface area contributed by atoms with Crippen LogP contribution in [0, 0.1) is 32.5 Å². The van der Waals surface area contributed by atoms with E-state index in [4.69, 9.17) is 0 Å². The molecule has 1 nitrogen and oxygen atoms in total. The van der Waals surface area contributed by atoms with E-state index in [1.165, 1.54) is 25.7 Å². The van der Waals surface area contributed by atoms with Crippen LogP contribution in [0.2, 0.25) is 0 Å². The van der Waals surface area contributed by atoms with Gasteiger partial charge in [-0.1, -0.05) is 145 Å². The molecule has 0 rings (SSSR count). The Bertz CT molecular complexity index is 364. The molecule has 0 aromatic rings. The van der Waals surface area contributed by atoms with Gasteiger partial charge in [-0.05, 0) is 72.0 Å². The number of hydrogen-bond acceptors (Lipinski definition) is 1. The van der Waals surface area contributed by atoms with E-state index >= 15 is 0 Å². The van der Waals surface area contributed by atoms with E-state index in [-0.39, 0.29) is 12.8 Å². The second-order valence-electron chi connectivity index (χ2n) is 18.5. The highest BCUT2D eigenvalue weighted by atomic mass is 16.3. The summed E-state index contributed by atoms with van der Waals surface area (Å²) in [5.41, 5.74) is 2.21. The first kappa shape index (κ1) is 44.9. The Kier molecular flexibility index (Phi) is 21.5. The first-order valence-corrected chi connectivity index (χ1v) is 13.9. The summed E-state index contributed by atoms with van der Waals surface area (Å²) in [6.45, 7) is 46.6. The average Bonchev–Trinajstić information content (AvgIpc) is 2.23. The summed E-state index contributed by atoms with van der Waals surface area (Å²) in [6, 6.07) is 0. The lowest BCUT2D eigenvalue weighted by Gasteiger charge is -2.28. The van der Waals surface area contributed by atoms with Crippen LogP contribution in [0.3, 0.4) is 0 Å². The van der Waals surface area contributed by atoms with E-state index in [1.807, 2.05) is 13.8 Å². The third-order valence-electron chi connectivity index (χ3n) is 4.08.